The minimum absolute atomic E-state index is 0.342. The molecule has 0 aliphatic heterocycles. The molecule has 0 fully saturated rings. The van der Waals surface area contributed by atoms with Crippen LogP contribution in [-0.2, 0) is 9.63 Å². The maximum atomic E-state index is 12.6. The van der Waals surface area contributed by atoms with E-state index in [0.29, 0.717) is 28.4 Å². The van der Waals surface area contributed by atoms with Crippen LogP contribution in [0.25, 0.3) is 0 Å². The fraction of sp³-hybridized carbons (Fsp3) is 0.125. The van der Waals surface area contributed by atoms with Gasteiger partial charge in [-0.15, -0.1) is 0 Å². The molecule has 3 N–H and O–H groups in total. The summed E-state index contributed by atoms with van der Waals surface area (Å²) in [5.74, 6) is -0.391. The second-order valence-electron chi connectivity index (χ2n) is 6.69. The van der Waals surface area contributed by atoms with E-state index < -0.39 is 11.8 Å². The van der Waals surface area contributed by atoms with Crippen molar-refractivity contribution in [3.63, 3.8) is 0 Å². The van der Waals surface area contributed by atoms with E-state index in [9.17, 15) is 9.59 Å². The van der Waals surface area contributed by atoms with Gasteiger partial charge in [0.15, 0.2) is 6.61 Å². The molecule has 32 heavy (non-hydrogen) atoms. The van der Waals surface area contributed by atoms with Gasteiger partial charge in [-0.3, -0.25) is 20.4 Å². The van der Waals surface area contributed by atoms with E-state index in [1.165, 1.54) is 0 Å². The number of carbonyl (C=O) groups is 2. The Morgan fingerprint density at radius 1 is 0.844 bits per heavy atom. The SMILES string of the molecule is COc1ccccc1Nc1ccccc1C(=O)NNC(=O)CON=C(C)c1ccccc1. The molecule has 0 aromatic heterocycles. The summed E-state index contributed by atoms with van der Waals surface area (Å²) < 4.78 is 5.33. The fourth-order valence-corrected chi connectivity index (χ4v) is 2.83. The largest absolute Gasteiger partial charge is 0.495 e. The molecule has 164 valence electrons. The van der Waals surface area contributed by atoms with E-state index >= 15 is 0 Å². The average molecular weight is 432 g/mol. The zero-order chi connectivity index (χ0) is 22.8. The molecule has 3 aromatic carbocycles. The summed E-state index contributed by atoms with van der Waals surface area (Å²) in [5.41, 5.74) is 7.85. The highest BCUT2D eigenvalue weighted by Gasteiger charge is 2.13. The van der Waals surface area contributed by atoms with E-state index in [2.05, 4.69) is 21.3 Å². The molecule has 0 aliphatic carbocycles. The van der Waals surface area contributed by atoms with Gasteiger partial charge in [-0.05, 0) is 36.8 Å². The van der Waals surface area contributed by atoms with Gasteiger partial charge in [-0.25, -0.2) is 0 Å². The summed E-state index contributed by atoms with van der Waals surface area (Å²) in [4.78, 5) is 29.7. The third kappa shape index (κ3) is 6.09. The number of rotatable bonds is 8. The summed E-state index contributed by atoms with van der Waals surface area (Å²) in [7, 11) is 1.57. The highest BCUT2D eigenvalue weighted by molar-refractivity contribution is 6.01. The highest BCUT2D eigenvalue weighted by atomic mass is 16.6. The van der Waals surface area contributed by atoms with Crippen molar-refractivity contribution in [2.24, 2.45) is 5.16 Å². The standard InChI is InChI=1S/C24H24N4O4/c1-17(18-10-4-3-5-11-18)28-32-16-23(29)26-27-24(30)19-12-6-7-13-20(19)25-21-14-8-9-15-22(21)31-2/h3-15,25H,16H2,1-2H3,(H,26,29)(H,27,30). The number of hydrazine groups is 1. The van der Waals surface area contributed by atoms with Gasteiger partial charge in [0, 0.05) is 0 Å². The summed E-state index contributed by atoms with van der Waals surface area (Å²) >= 11 is 0. The number of nitrogens with zero attached hydrogens (tertiary/aromatic N) is 1. The van der Waals surface area contributed by atoms with E-state index in [1.54, 1.807) is 38.3 Å². The van der Waals surface area contributed by atoms with E-state index in [0.717, 1.165) is 5.56 Å². The lowest BCUT2D eigenvalue weighted by molar-refractivity contribution is -0.126. The van der Waals surface area contributed by atoms with Crippen molar-refractivity contribution in [1.29, 1.82) is 0 Å². The quantitative estimate of drug-likeness (QED) is 0.373. The second kappa shape index (κ2) is 11.2. The Labute approximate surface area is 186 Å². The Kier molecular flexibility index (Phi) is 7.80. The molecule has 0 heterocycles. The van der Waals surface area contributed by atoms with Gasteiger partial charge in [0.05, 0.1) is 29.8 Å². The van der Waals surface area contributed by atoms with Crippen molar-refractivity contribution >= 4 is 28.9 Å². The van der Waals surface area contributed by atoms with Gasteiger partial charge in [-0.2, -0.15) is 0 Å². The number of nitrogens with one attached hydrogen (secondary N) is 3. The Hall–Kier alpha value is -4.33. The summed E-state index contributed by atoms with van der Waals surface area (Å²) in [6.07, 6.45) is 0. The molecule has 0 bridgehead atoms. The lowest BCUT2D eigenvalue weighted by atomic mass is 10.1. The van der Waals surface area contributed by atoms with E-state index in [-0.39, 0.29) is 6.61 Å². The first-order valence-corrected chi connectivity index (χ1v) is 9.88. The van der Waals surface area contributed by atoms with Gasteiger partial charge in [-0.1, -0.05) is 59.8 Å². The number of benzene rings is 3. The van der Waals surface area contributed by atoms with E-state index in [1.807, 2.05) is 54.6 Å². The van der Waals surface area contributed by atoms with Crippen LogP contribution in [0.15, 0.2) is 84.0 Å². The molecule has 0 unspecified atom stereocenters. The maximum Gasteiger partial charge on any atom is 0.279 e. The summed E-state index contributed by atoms with van der Waals surface area (Å²) in [6.45, 7) is 1.44. The molecule has 0 saturated carbocycles. The van der Waals surface area contributed by atoms with Crippen LogP contribution < -0.4 is 20.9 Å². The molecule has 0 spiro atoms. The second-order valence-corrected chi connectivity index (χ2v) is 6.69. The number of oxime groups is 1. The molecule has 3 aromatic rings. The lowest BCUT2D eigenvalue weighted by Gasteiger charge is -2.14. The van der Waals surface area contributed by atoms with Crippen LogP contribution in [-0.4, -0.2) is 31.2 Å². The summed E-state index contributed by atoms with van der Waals surface area (Å²) in [5, 5.41) is 7.10. The van der Waals surface area contributed by atoms with Crippen LogP contribution in [0.4, 0.5) is 11.4 Å². The molecular formula is C24H24N4O4. The van der Waals surface area contributed by atoms with Gasteiger partial charge < -0.3 is 14.9 Å². The average Bonchev–Trinajstić information content (AvgIpc) is 2.83. The van der Waals surface area contributed by atoms with Gasteiger partial charge >= 0.3 is 0 Å². The van der Waals surface area contributed by atoms with Crippen LogP contribution >= 0.6 is 0 Å². The third-order valence-electron chi connectivity index (χ3n) is 4.45. The maximum absolute atomic E-state index is 12.6. The zero-order valence-corrected chi connectivity index (χ0v) is 17.8. The van der Waals surface area contributed by atoms with Crippen molar-refractivity contribution in [2.75, 3.05) is 19.0 Å². The molecule has 8 heteroatoms. The molecule has 0 radical (unpaired) electrons. The van der Waals surface area contributed by atoms with Crippen molar-refractivity contribution < 1.29 is 19.2 Å². The number of methoxy groups -OCH3 is 1. The molecule has 0 saturated heterocycles. The third-order valence-corrected chi connectivity index (χ3v) is 4.45. The van der Waals surface area contributed by atoms with E-state index in [4.69, 9.17) is 9.57 Å². The molecular weight excluding hydrogens is 408 g/mol. The van der Waals surface area contributed by atoms with Crippen molar-refractivity contribution in [1.82, 2.24) is 10.9 Å². The Bertz CT molecular complexity index is 1100. The predicted octanol–water partition coefficient (Wildman–Crippen LogP) is 3.64. The Balaban J connectivity index is 1.55. The van der Waals surface area contributed by atoms with Gasteiger partial charge in [0.1, 0.15) is 5.75 Å². The van der Waals surface area contributed by atoms with Crippen LogP contribution in [0.1, 0.15) is 22.8 Å². The molecule has 0 atom stereocenters. The zero-order valence-electron chi connectivity index (χ0n) is 17.8. The number of hydrogen-bond donors (Lipinski definition) is 3. The minimum atomic E-state index is -0.543. The number of para-hydroxylation sites is 3. The smallest absolute Gasteiger partial charge is 0.279 e. The van der Waals surface area contributed by atoms with Gasteiger partial charge in [0.25, 0.3) is 11.8 Å². The predicted molar refractivity (Wildman–Crippen MR) is 123 cm³/mol. The van der Waals surface area contributed by atoms with Gasteiger partial charge in [0.2, 0.25) is 0 Å². The first-order valence-electron chi connectivity index (χ1n) is 9.88. The molecule has 2 amide bonds. The Morgan fingerprint density at radius 2 is 1.50 bits per heavy atom. The number of amides is 2. The number of anilines is 2. The molecule has 3 rings (SSSR count). The summed E-state index contributed by atoms with van der Waals surface area (Å²) in [6, 6.07) is 23.7. The van der Waals surface area contributed by atoms with Crippen LogP contribution in [0.5, 0.6) is 5.75 Å². The number of ether oxygens (including phenoxy) is 1. The minimum Gasteiger partial charge on any atom is -0.495 e. The van der Waals surface area contributed by atoms with Crippen molar-refractivity contribution in [2.45, 2.75) is 6.92 Å². The number of carbonyl (C=O) groups excluding carboxylic acids is 2. The number of hydrogen-bond acceptors (Lipinski definition) is 6. The van der Waals surface area contributed by atoms with Crippen molar-refractivity contribution in [3.05, 3.63) is 90.0 Å². The van der Waals surface area contributed by atoms with Crippen molar-refractivity contribution in [3.8, 4) is 5.75 Å². The topological polar surface area (TPSA) is 101 Å². The fourth-order valence-electron chi connectivity index (χ4n) is 2.83. The Morgan fingerprint density at radius 3 is 2.25 bits per heavy atom. The lowest BCUT2D eigenvalue weighted by Crippen LogP contribution is -2.43. The highest BCUT2D eigenvalue weighted by Crippen LogP contribution is 2.28. The van der Waals surface area contributed by atoms with Crippen LogP contribution in [0.2, 0.25) is 0 Å². The normalized spacial score (nSPS) is 10.8. The first-order chi connectivity index (χ1) is 15.6. The first kappa shape index (κ1) is 22.4. The monoisotopic (exact) mass is 432 g/mol. The molecule has 8 nitrogen and oxygen atoms in total. The van der Waals surface area contributed by atoms with Crippen LogP contribution in [0, 0.1) is 0 Å². The molecule has 0 aliphatic rings. The van der Waals surface area contributed by atoms with Crippen LogP contribution in [0.3, 0.4) is 0 Å².